The van der Waals surface area contributed by atoms with E-state index >= 15 is 0 Å². The normalized spacial score (nSPS) is 13.0. The summed E-state index contributed by atoms with van der Waals surface area (Å²) in [7, 11) is 0. The molecule has 0 bridgehead atoms. The largest absolute Gasteiger partial charge is 0.309 e. The molecule has 0 atom stereocenters. The van der Waals surface area contributed by atoms with Crippen LogP contribution in [0.2, 0.25) is 0 Å². The van der Waals surface area contributed by atoms with E-state index in [1.54, 1.807) is 0 Å². The Kier molecular flexibility index (Phi) is 7.17. The summed E-state index contributed by atoms with van der Waals surface area (Å²) in [5.74, 6) is 1.92. The zero-order chi connectivity index (χ0) is 37.4. The topological polar surface area (TPSA) is 43.6 Å². The SMILES string of the molecule is CC1(C)c2ccccc2-c2cc(-c3nc(-c4ccccc4)nc(-c4cc(-n5c6ccccc6c6ccccc65)c(-c5ccccc5)c5ccccc45)n3)ccc21. The van der Waals surface area contributed by atoms with Gasteiger partial charge in [-0.15, -0.1) is 0 Å². The van der Waals surface area contributed by atoms with Gasteiger partial charge in [-0.3, -0.25) is 0 Å². The average Bonchev–Trinajstić information content (AvgIpc) is 3.71. The highest BCUT2D eigenvalue weighted by Gasteiger charge is 2.35. The molecule has 0 saturated heterocycles. The van der Waals surface area contributed by atoms with Gasteiger partial charge in [-0.25, -0.2) is 15.0 Å². The van der Waals surface area contributed by atoms with Crippen molar-refractivity contribution in [2.24, 2.45) is 0 Å². The van der Waals surface area contributed by atoms with E-state index in [-0.39, 0.29) is 5.41 Å². The van der Waals surface area contributed by atoms with Crippen LogP contribution in [0.15, 0.2) is 182 Å². The number of benzene rings is 8. The van der Waals surface area contributed by atoms with E-state index in [1.165, 1.54) is 33.0 Å². The van der Waals surface area contributed by atoms with Gasteiger partial charge in [0.2, 0.25) is 0 Å². The Balaban J connectivity index is 1.22. The maximum Gasteiger partial charge on any atom is 0.164 e. The number of fused-ring (bicyclic) bond motifs is 7. The quantitative estimate of drug-likeness (QED) is 0.178. The van der Waals surface area contributed by atoms with Crippen molar-refractivity contribution in [2.45, 2.75) is 19.3 Å². The molecule has 8 aromatic carbocycles. The zero-order valence-corrected chi connectivity index (χ0v) is 31.1. The van der Waals surface area contributed by atoms with E-state index < -0.39 is 0 Å². The molecule has 11 rings (SSSR count). The van der Waals surface area contributed by atoms with Gasteiger partial charge in [0.1, 0.15) is 0 Å². The molecule has 0 aliphatic heterocycles. The number of rotatable bonds is 5. The molecule has 4 heteroatoms. The van der Waals surface area contributed by atoms with Crippen molar-refractivity contribution in [3.05, 3.63) is 193 Å². The lowest BCUT2D eigenvalue weighted by Gasteiger charge is -2.21. The third-order valence-corrected chi connectivity index (χ3v) is 11.7. The van der Waals surface area contributed by atoms with Crippen LogP contribution >= 0.6 is 0 Å². The number of hydrogen-bond acceptors (Lipinski definition) is 3. The van der Waals surface area contributed by atoms with Crippen molar-refractivity contribution in [2.75, 3.05) is 0 Å². The molecule has 0 N–H and O–H groups in total. The van der Waals surface area contributed by atoms with Crippen LogP contribution in [-0.4, -0.2) is 19.5 Å². The summed E-state index contributed by atoms with van der Waals surface area (Å²) in [5, 5.41) is 4.64. The monoisotopic (exact) mass is 716 g/mol. The highest BCUT2D eigenvalue weighted by Crippen LogP contribution is 2.50. The number of aromatic nitrogens is 4. The van der Waals surface area contributed by atoms with Gasteiger partial charge in [-0.05, 0) is 62.9 Å². The highest BCUT2D eigenvalue weighted by atomic mass is 15.0. The van der Waals surface area contributed by atoms with Crippen LogP contribution < -0.4 is 0 Å². The minimum absolute atomic E-state index is 0.0907. The first-order chi connectivity index (χ1) is 27.5. The van der Waals surface area contributed by atoms with Gasteiger partial charge >= 0.3 is 0 Å². The molecule has 0 amide bonds. The van der Waals surface area contributed by atoms with Gasteiger partial charge in [0, 0.05) is 38.4 Å². The minimum Gasteiger partial charge on any atom is -0.309 e. The van der Waals surface area contributed by atoms with Gasteiger partial charge in [-0.1, -0.05) is 172 Å². The average molecular weight is 717 g/mol. The number of nitrogens with zero attached hydrogens (tertiary/aromatic N) is 4. The summed E-state index contributed by atoms with van der Waals surface area (Å²) in [5.41, 5.74) is 13.6. The Bertz CT molecular complexity index is 3110. The Morgan fingerprint density at radius 3 is 1.59 bits per heavy atom. The zero-order valence-electron chi connectivity index (χ0n) is 31.1. The maximum atomic E-state index is 5.39. The van der Waals surface area contributed by atoms with Crippen molar-refractivity contribution >= 4 is 32.6 Å². The molecular formula is C52H36N4. The summed E-state index contributed by atoms with van der Waals surface area (Å²) in [6.45, 7) is 4.62. The van der Waals surface area contributed by atoms with Crippen molar-refractivity contribution in [3.63, 3.8) is 0 Å². The molecule has 2 heterocycles. The van der Waals surface area contributed by atoms with Gasteiger partial charge in [0.15, 0.2) is 17.5 Å². The lowest BCUT2D eigenvalue weighted by molar-refractivity contribution is 0.660. The molecule has 1 aliphatic rings. The van der Waals surface area contributed by atoms with Crippen LogP contribution in [0, 0.1) is 0 Å². The van der Waals surface area contributed by atoms with Crippen LogP contribution in [0.25, 0.3) is 94.7 Å². The lowest BCUT2D eigenvalue weighted by atomic mass is 9.82. The molecule has 10 aromatic rings. The van der Waals surface area contributed by atoms with Crippen LogP contribution in [0.5, 0.6) is 0 Å². The molecule has 1 aliphatic carbocycles. The van der Waals surface area contributed by atoms with E-state index in [9.17, 15) is 0 Å². The summed E-state index contributed by atoms with van der Waals surface area (Å²) in [6, 6.07) is 64.8. The predicted octanol–water partition coefficient (Wildman–Crippen LogP) is 13.1. The van der Waals surface area contributed by atoms with E-state index in [2.05, 4.69) is 182 Å². The van der Waals surface area contributed by atoms with Gasteiger partial charge in [0.25, 0.3) is 0 Å². The first kappa shape index (κ1) is 32.3. The summed E-state index contributed by atoms with van der Waals surface area (Å²) >= 11 is 0. The van der Waals surface area contributed by atoms with Crippen LogP contribution in [0.1, 0.15) is 25.0 Å². The van der Waals surface area contributed by atoms with Crippen molar-refractivity contribution in [1.82, 2.24) is 19.5 Å². The minimum atomic E-state index is -0.0907. The molecule has 0 unspecified atom stereocenters. The fraction of sp³-hybridized carbons (Fsp3) is 0.0577. The molecule has 0 fully saturated rings. The molecule has 56 heavy (non-hydrogen) atoms. The first-order valence-corrected chi connectivity index (χ1v) is 19.2. The van der Waals surface area contributed by atoms with E-state index in [0.29, 0.717) is 17.5 Å². The highest BCUT2D eigenvalue weighted by molar-refractivity contribution is 6.13. The molecule has 4 nitrogen and oxygen atoms in total. The third-order valence-electron chi connectivity index (χ3n) is 11.7. The van der Waals surface area contributed by atoms with Crippen molar-refractivity contribution in [1.29, 1.82) is 0 Å². The Morgan fingerprint density at radius 2 is 0.893 bits per heavy atom. The lowest BCUT2D eigenvalue weighted by Crippen LogP contribution is -2.14. The van der Waals surface area contributed by atoms with Crippen LogP contribution in [0.3, 0.4) is 0 Å². The molecular weight excluding hydrogens is 681 g/mol. The Morgan fingerprint density at radius 1 is 0.375 bits per heavy atom. The maximum absolute atomic E-state index is 5.39. The standard InChI is InChI=1S/C52H36N4/c1-52(2)43-26-14-11-22-37(43)41-31-35(29-30-44(41)52)50-53-49(34-19-7-4-8-20-34)54-51(55-50)42-32-47(48(33-17-5-3-6-18-33)40-25-10-9-21-36(40)42)56-45-27-15-12-23-38(45)39-24-13-16-28-46(39)56/h3-32H,1-2H3. The third kappa shape index (κ3) is 4.89. The first-order valence-electron chi connectivity index (χ1n) is 19.2. The van der Waals surface area contributed by atoms with E-state index in [0.717, 1.165) is 55.3 Å². The molecule has 0 spiro atoms. The molecule has 264 valence electrons. The van der Waals surface area contributed by atoms with Crippen molar-refractivity contribution < 1.29 is 0 Å². The second kappa shape index (κ2) is 12.4. The summed E-state index contributed by atoms with van der Waals surface area (Å²) in [6.07, 6.45) is 0. The summed E-state index contributed by atoms with van der Waals surface area (Å²) in [4.78, 5) is 15.9. The van der Waals surface area contributed by atoms with Crippen LogP contribution in [-0.2, 0) is 5.41 Å². The molecule has 0 radical (unpaired) electrons. The Hall–Kier alpha value is -7.17. The second-order valence-electron chi connectivity index (χ2n) is 15.2. The number of para-hydroxylation sites is 2. The fourth-order valence-electron chi connectivity index (χ4n) is 9.01. The molecule has 0 saturated carbocycles. The van der Waals surface area contributed by atoms with Crippen molar-refractivity contribution in [3.8, 4) is 62.1 Å². The summed E-state index contributed by atoms with van der Waals surface area (Å²) < 4.78 is 2.42. The number of hydrogen-bond donors (Lipinski definition) is 0. The second-order valence-corrected chi connectivity index (χ2v) is 15.2. The van der Waals surface area contributed by atoms with Crippen LogP contribution in [0.4, 0.5) is 0 Å². The Labute approximate surface area is 325 Å². The fourth-order valence-corrected chi connectivity index (χ4v) is 9.01. The predicted molar refractivity (Wildman–Crippen MR) is 231 cm³/mol. The van der Waals surface area contributed by atoms with E-state index in [1.807, 2.05) is 18.2 Å². The van der Waals surface area contributed by atoms with Gasteiger partial charge in [-0.2, -0.15) is 0 Å². The van der Waals surface area contributed by atoms with E-state index in [4.69, 9.17) is 15.0 Å². The smallest absolute Gasteiger partial charge is 0.164 e. The van der Waals surface area contributed by atoms with Gasteiger partial charge < -0.3 is 4.57 Å². The van der Waals surface area contributed by atoms with Gasteiger partial charge in [0.05, 0.1) is 16.7 Å². The molecule has 2 aromatic heterocycles.